The summed E-state index contributed by atoms with van der Waals surface area (Å²) in [4.78, 5) is 11.6. The minimum Gasteiger partial charge on any atom is -0.351 e. The monoisotopic (exact) mass is 321 g/mol. The fourth-order valence-corrected chi connectivity index (χ4v) is 4.40. The van der Waals surface area contributed by atoms with Crippen molar-refractivity contribution in [3.05, 3.63) is 17.7 Å². The van der Waals surface area contributed by atoms with Crippen molar-refractivity contribution >= 4 is 17.7 Å². The van der Waals surface area contributed by atoms with Crippen molar-refractivity contribution in [2.24, 2.45) is 4.99 Å². The number of rotatable bonds is 3. The van der Waals surface area contributed by atoms with Crippen molar-refractivity contribution in [3.8, 4) is 0 Å². The van der Waals surface area contributed by atoms with Crippen molar-refractivity contribution in [1.82, 2.24) is 19.8 Å². The molecule has 2 aliphatic heterocycles. The predicted octanol–water partition coefficient (Wildman–Crippen LogP) is 2.12. The number of imidazole rings is 1. The number of nitrogens with one attached hydrogen (secondary N) is 1. The van der Waals surface area contributed by atoms with Gasteiger partial charge in [0.05, 0.1) is 12.2 Å². The molecule has 0 spiro atoms. The van der Waals surface area contributed by atoms with Crippen molar-refractivity contribution in [2.75, 3.05) is 25.9 Å². The van der Waals surface area contributed by atoms with Gasteiger partial charge in [0, 0.05) is 50.3 Å². The van der Waals surface area contributed by atoms with Crippen molar-refractivity contribution in [2.45, 2.75) is 50.9 Å². The quantitative estimate of drug-likeness (QED) is 0.684. The minimum atomic E-state index is 0.729. The van der Waals surface area contributed by atoms with E-state index in [1.807, 2.05) is 7.05 Å². The Hall–Kier alpha value is -1.17. The van der Waals surface area contributed by atoms with Crippen LogP contribution in [0, 0.1) is 0 Å². The fourth-order valence-electron chi connectivity index (χ4n) is 3.22. The van der Waals surface area contributed by atoms with Gasteiger partial charge in [-0.25, -0.2) is 4.98 Å². The van der Waals surface area contributed by atoms with E-state index >= 15 is 0 Å². The Morgan fingerprint density at radius 3 is 3.14 bits per heavy atom. The lowest BCUT2D eigenvalue weighted by atomic mass is 10.2. The Kier molecular flexibility index (Phi) is 5.28. The maximum absolute atomic E-state index is 4.76. The molecule has 1 unspecified atom stereocenters. The molecule has 0 saturated carbocycles. The van der Waals surface area contributed by atoms with E-state index in [4.69, 9.17) is 4.98 Å². The van der Waals surface area contributed by atoms with Crippen LogP contribution in [0.3, 0.4) is 0 Å². The summed E-state index contributed by atoms with van der Waals surface area (Å²) in [7, 11) is 1.88. The van der Waals surface area contributed by atoms with Crippen molar-refractivity contribution < 1.29 is 0 Å². The molecule has 1 aromatic rings. The standard InChI is InChI=1S/C16H27N5S/c1-3-14-12-21(8-9-22-14)16(17-2)18-10-13-11-20-7-5-4-6-15(20)19-13/h11,14H,3-10,12H2,1-2H3,(H,17,18). The van der Waals surface area contributed by atoms with Crippen LogP contribution in [-0.2, 0) is 19.5 Å². The Labute approximate surface area is 137 Å². The van der Waals surface area contributed by atoms with Gasteiger partial charge in [0.25, 0.3) is 0 Å². The highest BCUT2D eigenvalue weighted by Crippen LogP contribution is 2.21. The van der Waals surface area contributed by atoms with E-state index in [1.54, 1.807) is 0 Å². The summed E-state index contributed by atoms with van der Waals surface area (Å²) < 4.78 is 2.31. The van der Waals surface area contributed by atoms with E-state index in [2.05, 4.69) is 44.7 Å². The van der Waals surface area contributed by atoms with E-state index in [-0.39, 0.29) is 0 Å². The molecule has 5 nitrogen and oxygen atoms in total. The minimum absolute atomic E-state index is 0.729. The van der Waals surface area contributed by atoms with Crippen LogP contribution in [0.2, 0.25) is 0 Å². The molecule has 0 radical (unpaired) electrons. The normalized spacial score (nSPS) is 22.5. The van der Waals surface area contributed by atoms with Gasteiger partial charge in [-0.1, -0.05) is 6.92 Å². The highest BCUT2D eigenvalue weighted by molar-refractivity contribution is 8.00. The zero-order valence-corrected chi connectivity index (χ0v) is 14.5. The molecule has 3 heterocycles. The maximum atomic E-state index is 4.76. The molecular formula is C16H27N5S. The van der Waals surface area contributed by atoms with Gasteiger partial charge in [0.2, 0.25) is 0 Å². The number of aromatic nitrogens is 2. The molecule has 1 N–H and O–H groups in total. The number of hydrogen-bond donors (Lipinski definition) is 1. The van der Waals surface area contributed by atoms with Crippen LogP contribution < -0.4 is 5.32 Å². The molecule has 1 atom stereocenters. The molecule has 22 heavy (non-hydrogen) atoms. The lowest BCUT2D eigenvalue weighted by Gasteiger charge is -2.34. The van der Waals surface area contributed by atoms with Gasteiger partial charge in [0.1, 0.15) is 5.82 Å². The smallest absolute Gasteiger partial charge is 0.194 e. The number of aryl methyl sites for hydroxylation is 2. The van der Waals surface area contributed by atoms with E-state index in [0.717, 1.165) is 49.5 Å². The van der Waals surface area contributed by atoms with E-state index in [0.29, 0.717) is 0 Å². The van der Waals surface area contributed by atoms with E-state index < -0.39 is 0 Å². The average Bonchev–Trinajstić information content (AvgIpc) is 2.98. The summed E-state index contributed by atoms with van der Waals surface area (Å²) >= 11 is 2.09. The van der Waals surface area contributed by atoms with Crippen molar-refractivity contribution in [3.63, 3.8) is 0 Å². The van der Waals surface area contributed by atoms with E-state index in [1.165, 1.54) is 30.8 Å². The first-order valence-electron chi connectivity index (χ1n) is 8.42. The van der Waals surface area contributed by atoms with Crippen LogP contribution in [0.1, 0.15) is 37.7 Å². The molecular weight excluding hydrogens is 294 g/mol. The summed E-state index contributed by atoms with van der Waals surface area (Å²) in [6, 6.07) is 0. The van der Waals surface area contributed by atoms with Gasteiger partial charge in [-0.15, -0.1) is 0 Å². The number of nitrogens with zero attached hydrogens (tertiary/aromatic N) is 4. The Balaban J connectivity index is 1.58. The second kappa shape index (κ2) is 7.40. The molecule has 0 aliphatic carbocycles. The summed E-state index contributed by atoms with van der Waals surface area (Å²) in [6.45, 7) is 6.35. The largest absolute Gasteiger partial charge is 0.351 e. The zero-order chi connectivity index (χ0) is 15.4. The Bertz CT molecular complexity index is 501. The molecule has 1 saturated heterocycles. The van der Waals surface area contributed by atoms with Crippen LogP contribution in [0.5, 0.6) is 0 Å². The average molecular weight is 321 g/mol. The first-order chi connectivity index (χ1) is 10.8. The van der Waals surface area contributed by atoms with Crippen molar-refractivity contribution in [1.29, 1.82) is 0 Å². The van der Waals surface area contributed by atoms with Crippen LogP contribution in [-0.4, -0.2) is 51.6 Å². The second-order valence-corrected chi connectivity index (χ2v) is 7.46. The predicted molar refractivity (Wildman–Crippen MR) is 93.5 cm³/mol. The number of aliphatic imine (C=N–C) groups is 1. The highest BCUT2D eigenvalue weighted by atomic mass is 32.2. The molecule has 0 bridgehead atoms. The molecule has 1 aromatic heterocycles. The molecule has 2 aliphatic rings. The number of hydrogen-bond acceptors (Lipinski definition) is 3. The van der Waals surface area contributed by atoms with Crippen LogP contribution in [0.15, 0.2) is 11.2 Å². The lowest BCUT2D eigenvalue weighted by molar-refractivity contribution is 0.408. The van der Waals surface area contributed by atoms with E-state index in [9.17, 15) is 0 Å². The molecule has 0 amide bonds. The Morgan fingerprint density at radius 1 is 1.45 bits per heavy atom. The SMILES string of the molecule is CCC1CN(C(=NC)NCc2cn3c(n2)CCCC3)CCS1. The van der Waals surface area contributed by atoms with Crippen LogP contribution in [0.4, 0.5) is 0 Å². The van der Waals surface area contributed by atoms with Crippen LogP contribution in [0.25, 0.3) is 0 Å². The number of thioether (sulfide) groups is 1. The van der Waals surface area contributed by atoms with Gasteiger partial charge in [0.15, 0.2) is 5.96 Å². The molecule has 122 valence electrons. The molecule has 3 rings (SSSR count). The lowest BCUT2D eigenvalue weighted by Crippen LogP contribution is -2.47. The molecule has 1 fully saturated rings. The topological polar surface area (TPSA) is 45.5 Å². The fraction of sp³-hybridized carbons (Fsp3) is 0.750. The first kappa shape index (κ1) is 15.7. The third kappa shape index (κ3) is 3.59. The van der Waals surface area contributed by atoms with Gasteiger partial charge < -0.3 is 14.8 Å². The van der Waals surface area contributed by atoms with Gasteiger partial charge in [-0.3, -0.25) is 4.99 Å². The third-order valence-corrected chi connectivity index (χ3v) is 5.86. The van der Waals surface area contributed by atoms with Gasteiger partial charge in [-0.05, 0) is 19.3 Å². The summed E-state index contributed by atoms with van der Waals surface area (Å²) in [5.41, 5.74) is 1.14. The summed E-state index contributed by atoms with van der Waals surface area (Å²) in [5.74, 6) is 3.46. The van der Waals surface area contributed by atoms with Gasteiger partial charge >= 0.3 is 0 Å². The van der Waals surface area contributed by atoms with Crippen LogP contribution >= 0.6 is 11.8 Å². The third-order valence-electron chi connectivity index (χ3n) is 4.49. The highest BCUT2D eigenvalue weighted by Gasteiger charge is 2.21. The maximum Gasteiger partial charge on any atom is 0.194 e. The first-order valence-corrected chi connectivity index (χ1v) is 9.47. The molecule has 0 aromatic carbocycles. The van der Waals surface area contributed by atoms with Gasteiger partial charge in [-0.2, -0.15) is 11.8 Å². The second-order valence-electron chi connectivity index (χ2n) is 6.05. The molecule has 6 heteroatoms. The number of fused-ring (bicyclic) bond motifs is 1. The summed E-state index contributed by atoms with van der Waals surface area (Å²) in [6.07, 6.45) is 7.11. The zero-order valence-electron chi connectivity index (χ0n) is 13.7. The Morgan fingerprint density at radius 2 is 2.36 bits per heavy atom. The number of guanidine groups is 1. The summed E-state index contributed by atoms with van der Waals surface area (Å²) in [5, 5.41) is 4.23.